The Labute approximate surface area is 98.7 Å². The van der Waals surface area contributed by atoms with Gasteiger partial charge in [0.05, 0.1) is 0 Å². The van der Waals surface area contributed by atoms with Crippen molar-refractivity contribution in [3.05, 3.63) is 35.9 Å². The molecule has 1 rings (SSSR count). The summed E-state index contributed by atoms with van der Waals surface area (Å²) >= 11 is 0. The minimum atomic E-state index is -1.18. The molecule has 1 aromatic carbocycles. The van der Waals surface area contributed by atoms with Crippen molar-refractivity contribution >= 4 is 12.0 Å². The van der Waals surface area contributed by atoms with Crippen LogP contribution in [0.3, 0.4) is 0 Å². The van der Waals surface area contributed by atoms with Crippen LogP contribution >= 0.6 is 0 Å². The first-order valence-corrected chi connectivity index (χ1v) is 4.93. The number of methoxy groups -OCH3 is 1. The number of hydrogen-bond donors (Lipinski definition) is 2. The smallest absolute Gasteiger partial charge is 0.409 e. The molecule has 17 heavy (non-hydrogen) atoms. The maximum atomic E-state index is 11.3. The summed E-state index contributed by atoms with van der Waals surface area (Å²) in [5.74, 6) is -0.788. The average Bonchev–Trinajstić information content (AvgIpc) is 2.34. The fraction of sp³-hybridized carbons (Fsp3) is 0.273. The van der Waals surface area contributed by atoms with Crippen LogP contribution in [0.4, 0.5) is 4.79 Å². The van der Waals surface area contributed by atoms with Crippen LogP contribution in [0.25, 0.3) is 0 Å². The zero-order chi connectivity index (χ0) is 12.7. The van der Waals surface area contributed by atoms with Gasteiger partial charge in [-0.25, -0.2) is 4.79 Å². The molecule has 0 radical (unpaired) electrons. The van der Waals surface area contributed by atoms with Crippen LogP contribution in [-0.4, -0.2) is 25.3 Å². The van der Waals surface area contributed by atoms with Crippen molar-refractivity contribution in [2.24, 2.45) is 5.73 Å². The number of primary amides is 1. The lowest BCUT2D eigenvalue weighted by molar-refractivity contribution is -0.129. The summed E-state index contributed by atoms with van der Waals surface area (Å²) in [5.41, 5.74) is 5.81. The van der Waals surface area contributed by atoms with Gasteiger partial charge in [-0.3, -0.25) is 10.1 Å². The Morgan fingerprint density at radius 3 is 2.53 bits per heavy atom. The molecule has 0 spiro atoms. The van der Waals surface area contributed by atoms with Crippen LogP contribution in [0.5, 0.6) is 0 Å². The van der Waals surface area contributed by atoms with E-state index < -0.39 is 18.2 Å². The molecule has 1 unspecified atom stereocenters. The highest BCUT2D eigenvalue weighted by molar-refractivity contribution is 5.82. The first-order valence-electron chi connectivity index (χ1n) is 4.93. The van der Waals surface area contributed by atoms with Crippen molar-refractivity contribution in [1.29, 1.82) is 0 Å². The van der Waals surface area contributed by atoms with Gasteiger partial charge in [0.1, 0.15) is 6.61 Å². The molecule has 3 N–H and O–H groups in total. The Hall–Kier alpha value is -2.08. The van der Waals surface area contributed by atoms with Crippen molar-refractivity contribution < 1.29 is 19.1 Å². The van der Waals surface area contributed by atoms with Crippen LogP contribution in [0, 0.1) is 0 Å². The van der Waals surface area contributed by atoms with Gasteiger partial charge in [-0.15, -0.1) is 0 Å². The number of amides is 2. The van der Waals surface area contributed by atoms with Crippen LogP contribution in [-0.2, 0) is 20.9 Å². The van der Waals surface area contributed by atoms with Gasteiger partial charge in [-0.05, 0) is 5.56 Å². The van der Waals surface area contributed by atoms with Crippen LogP contribution in [0.2, 0.25) is 0 Å². The van der Waals surface area contributed by atoms with Crippen molar-refractivity contribution in [3.8, 4) is 0 Å². The number of nitrogens with one attached hydrogen (secondary N) is 1. The monoisotopic (exact) mass is 238 g/mol. The number of nitrogens with two attached hydrogens (primary N) is 1. The molecule has 0 saturated heterocycles. The largest absolute Gasteiger partial charge is 0.445 e. The van der Waals surface area contributed by atoms with E-state index >= 15 is 0 Å². The van der Waals surface area contributed by atoms with Crippen LogP contribution in [0.15, 0.2) is 30.3 Å². The fourth-order valence-electron chi connectivity index (χ4n) is 1.12. The zero-order valence-corrected chi connectivity index (χ0v) is 9.38. The molecule has 6 heteroatoms. The molecule has 0 aliphatic carbocycles. The van der Waals surface area contributed by atoms with Gasteiger partial charge in [0, 0.05) is 7.11 Å². The third-order valence-corrected chi connectivity index (χ3v) is 1.96. The van der Waals surface area contributed by atoms with E-state index in [2.05, 4.69) is 10.1 Å². The molecule has 0 saturated carbocycles. The molecular formula is C11H14N2O4. The fourth-order valence-corrected chi connectivity index (χ4v) is 1.12. The summed E-state index contributed by atoms with van der Waals surface area (Å²) in [6.45, 7) is 0.113. The van der Waals surface area contributed by atoms with Gasteiger partial charge in [0.2, 0.25) is 6.23 Å². The summed E-state index contributed by atoms with van der Waals surface area (Å²) < 4.78 is 9.52. The Morgan fingerprint density at radius 1 is 1.35 bits per heavy atom. The van der Waals surface area contributed by atoms with Gasteiger partial charge >= 0.3 is 6.09 Å². The van der Waals surface area contributed by atoms with E-state index in [1.54, 1.807) is 0 Å². The Bertz CT molecular complexity index is 380. The van der Waals surface area contributed by atoms with E-state index in [-0.39, 0.29) is 6.61 Å². The van der Waals surface area contributed by atoms with E-state index in [4.69, 9.17) is 10.5 Å². The van der Waals surface area contributed by atoms with Crippen molar-refractivity contribution in [3.63, 3.8) is 0 Å². The number of carbonyl (C=O) groups excluding carboxylic acids is 2. The number of ether oxygens (including phenoxy) is 2. The van der Waals surface area contributed by atoms with E-state index in [1.807, 2.05) is 30.3 Å². The minimum absolute atomic E-state index is 0.113. The second-order valence-corrected chi connectivity index (χ2v) is 3.22. The van der Waals surface area contributed by atoms with Gasteiger partial charge in [-0.1, -0.05) is 30.3 Å². The molecule has 0 aliphatic rings. The quantitative estimate of drug-likeness (QED) is 0.725. The van der Waals surface area contributed by atoms with Gasteiger partial charge in [0.25, 0.3) is 5.91 Å². The number of carbonyl (C=O) groups is 2. The van der Waals surface area contributed by atoms with Gasteiger partial charge in [0.15, 0.2) is 0 Å². The Kier molecular flexibility index (Phi) is 4.96. The Balaban J connectivity index is 2.37. The predicted octanol–water partition coefficient (Wildman–Crippen LogP) is 0.371. The maximum absolute atomic E-state index is 11.3. The lowest BCUT2D eigenvalue weighted by Crippen LogP contribution is -2.45. The van der Waals surface area contributed by atoms with Gasteiger partial charge in [-0.2, -0.15) is 0 Å². The Morgan fingerprint density at radius 2 is 2.00 bits per heavy atom. The highest BCUT2D eigenvalue weighted by atomic mass is 16.6. The SMILES string of the molecule is COC(NC(=O)OCc1ccccc1)C(N)=O. The van der Waals surface area contributed by atoms with Crippen LogP contribution < -0.4 is 11.1 Å². The number of benzene rings is 1. The average molecular weight is 238 g/mol. The van der Waals surface area contributed by atoms with Crippen molar-refractivity contribution in [1.82, 2.24) is 5.32 Å². The van der Waals surface area contributed by atoms with Crippen LogP contribution in [0.1, 0.15) is 5.56 Å². The van der Waals surface area contributed by atoms with Crippen molar-refractivity contribution in [2.75, 3.05) is 7.11 Å². The highest BCUT2D eigenvalue weighted by Crippen LogP contribution is 2.00. The lowest BCUT2D eigenvalue weighted by atomic mass is 10.2. The minimum Gasteiger partial charge on any atom is -0.445 e. The molecule has 0 aliphatic heterocycles. The molecule has 2 amide bonds. The third kappa shape index (κ3) is 4.52. The summed E-state index contributed by atoms with van der Waals surface area (Å²) in [7, 11) is 1.26. The first-order chi connectivity index (χ1) is 8.13. The van der Waals surface area contributed by atoms with Gasteiger partial charge < -0.3 is 15.2 Å². The predicted molar refractivity (Wildman–Crippen MR) is 59.8 cm³/mol. The standard InChI is InChI=1S/C11H14N2O4/c1-16-10(9(12)14)13-11(15)17-7-8-5-3-2-4-6-8/h2-6,10H,7H2,1H3,(H2,12,14)(H,13,15). The number of rotatable bonds is 5. The molecule has 0 bridgehead atoms. The third-order valence-electron chi connectivity index (χ3n) is 1.96. The van der Waals surface area contributed by atoms with Crippen molar-refractivity contribution in [2.45, 2.75) is 12.8 Å². The lowest BCUT2D eigenvalue weighted by Gasteiger charge is -2.13. The molecule has 1 atom stereocenters. The van der Waals surface area contributed by atoms with E-state index in [0.29, 0.717) is 0 Å². The molecule has 6 nitrogen and oxygen atoms in total. The summed E-state index contributed by atoms with van der Waals surface area (Å²) in [6.07, 6.45) is -1.95. The second kappa shape index (κ2) is 6.49. The van der Waals surface area contributed by atoms with E-state index in [0.717, 1.165) is 5.56 Å². The molecule has 92 valence electrons. The first kappa shape index (κ1) is 13.0. The number of hydrogen-bond acceptors (Lipinski definition) is 4. The molecule has 0 aromatic heterocycles. The molecule has 0 fully saturated rings. The summed E-state index contributed by atoms with van der Waals surface area (Å²) in [5, 5.41) is 2.18. The maximum Gasteiger partial charge on any atom is 0.409 e. The second-order valence-electron chi connectivity index (χ2n) is 3.22. The van der Waals surface area contributed by atoms with E-state index in [1.165, 1.54) is 7.11 Å². The summed E-state index contributed by atoms with van der Waals surface area (Å²) in [6, 6.07) is 9.15. The highest BCUT2D eigenvalue weighted by Gasteiger charge is 2.17. The molecule has 0 heterocycles. The molecular weight excluding hydrogens is 224 g/mol. The normalized spacial score (nSPS) is 11.6. The summed E-state index contributed by atoms with van der Waals surface area (Å²) in [4.78, 5) is 22.0. The molecule has 1 aromatic rings. The topological polar surface area (TPSA) is 90.7 Å². The number of alkyl carbamates (subject to hydrolysis) is 1. The zero-order valence-electron chi connectivity index (χ0n) is 9.38. The van der Waals surface area contributed by atoms with E-state index in [9.17, 15) is 9.59 Å².